The number of primary amides is 1. The van der Waals surface area contributed by atoms with Gasteiger partial charge in [-0.05, 0) is 25.9 Å². The molecule has 1 atom stereocenters. The van der Waals surface area contributed by atoms with Crippen LogP contribution in [-0.2, 0) is 9.59 Å². The summed E-state index contributed by atoms with van der Waals surface area (Å²) in [6.07, 6.45) is 0.931. The van der Waals surface area contributed by atoms with Crippen molar-refractivity contribution in [3.63, 3.8) is 0 Å². The van der Waals surface area contributed by atoms with Crippen molar-refractivity contribution in [2.24, 2.45) is 5.73 Å². The van der Waals surface area contributed by atoms with Crippen LogP contribution in [0.25, 0.3) is 0 Å². The van der Waals surface area contributed by atoms with Crippen molar-refractivity contribution in [1.29, 1.82) is 0 Å². The summed E-state index contributed by atoms with van der Waals surface area (Å²) in [7, 11) is 0. The molecule has 0 spiro atoms. The number of carbonyl (C=O) groups excluding carboxylic acids is 2. The van der Waals surface area contributed by atoms with Crippen LogP contribution < -0.4 is 5.73 Å². The Hall–Kier alpha value is -1.14. The van der Waals surface area contributed by atoms with Crippen molar-refractivity contribution in [3.8, 4) is 0 Å². The predicted molar refractivity (Wildman–Crippen MR) is 67.7 cm³/mol. The monoisotopic (exact) mass is 257 g/mol. The number of rotatable bonds is 5. The summed E-state index contributed by atoms with van der Waals surface area (Å²) in [6, 6.07) is 0. The molecule has 3 N–H and O–H groups in total. The normalized spacial score (nSPS) is 24.3. The van der Waals surface area contributed by atoms with Gasteiger partial charge in [-0.1, -0.05) is 13.8 Å². The molecule has 1 aliphatic heterocycles. The number of hydrogen-bond donors (Lipinski definition) is 2. The number of amides is 2. The van der Waals surface area contributed by atoms with E-state index in [9.17, 15) is 14.7 Å². The smallest absolute Gasteiger partial charge is 0.251 e. The van der Waals surface area contributed by atoms with Gasteiger partial charge in [0.25, 0.3) is 5.91 Å². The lowest BCUT2D eigenvalue weighted by Crippen LogP contribution is -2.58. The lowest BCUT2D eigenvalue weighted by Gasteiger charge is -2.37. The van der Waals surface area contributed by atoms with Crippen LogP contribution in [0.1, 0.15) is 26.7 Å². The van der Waals surface area contributed by atoms with Crippen LogP contribution >= 0.6 is 0 Å². The fourth-order valence-electron chi connectivity index (χ4n) is 2.19. The molecule has 1 fully saturated rings. The Morgan fingerprint density at radius 3 is 2.50 bits per heavy atom. The number of β-amino-alcohol motifs (C(OH)–C–C–N with tert-alkyl or cyclic N) is 1. The number of nitrogens with zero attached hydrogens (tertiary/aromatic N) is 2. The number of likely N-dealkylation sites (N-methyl/N-ethyl adjacent to an activating group) is 1. The van der Waals surface area contributed by atoms with Gasteiger partial charge in [-0.3, -0.25) is 14.5 Å². The topological polar surface area (TPSA) is 86.9 Å². The molecule has 2 amide bonds. The summed E-state index contributed by atoms with van der Waals surface area (Å²) in [4.78, 5) is 26.8. The maximum atomic E-state index is 12.1. The van der Waals surface area contributed by atoms with Crippen molar-refractivity contribution in [1.82, 2.24) is 9.80 Å². The highest BCUT2D eigenvalue weighted by Crippen LogP contribution is 2.20. The maximum absolute atomic E-state index is 12.1. The second-order valence-electron chi connectivity index (χ2n) is 4.78. The Morgan fingerprint density at radius 1 is 1.39 bits per heavy atom. The van der Waals surface area contributed by atoms with Crippen molar-refractivity contribution < 1.29 is 14.7 Å². The van der Waals surface area contributed by atoms with Crippen molar-refractivity contribution in [2.45, 2.75) is 32.3 Å². The molecular weight excluding hydrogens is 234 g/mol. The van der Waals surface area contributed by atoms with Crippen LogP contribution in [0.4, 0.5) is 0 Å². The lowest BCUT2D eigenvalue weighted by molar-refractivity contribution is -0.149. The first-order chi connectivity index (χ1) is 8.42. The highest BCUT2D eigenvalue weighted by atomic mass is 16.3. The zero-order chi connectivity index (χ0) is 13.8. The largest absolute Gasteiger partial charge is 0.378 e. The molecule has 0 bridgehead atoms. The van der Waals surface area contributed by atoms with E-state index in [-0.39, 0.29) is 12.5 Å². The van der Waals surface area contributed by atoms with Crippen LogP contribution in [0.5, 0.6) is 0 Å². The molecule has 1 heterocycles. The van der Waals surface area contributed by atoms with Crippen molar-refractivity contribution in [2.75, 3.05) is 32.7 Å². The zero-order valence-electron chi connectivity index (χ0n) is 11.2. The van der Waals surface area contributed by atoms with Gasteiger partial charge in [-0.15, -0.1) is 0 Å². The molecule has 0 aromatic heterocycles. The third kappa shape index (κ3) is 3.43. The molecule has 0 saturated carbocycles. The summed E-state index contributed by atoms with van der Waals surface area (Å²) in [5.41, 5.74) is 3.62. The van der Waals surface area contributed by atoms with Crippen LogP contribution in [0.2, 0.25) is 0 Å². The van der Waals surface area contributed by atoms with E-state index in [1.165, 1.54) is 4.90 Å². The van der Waals surface area contributed by atoms with Gasteiger partial charge in [-0.2, -0.15) is 0 Å². The predicted octanol–water partition coefficient (Wildman–Crippen LogP) is -0.833. The van der Waals surface area contributed by atoms with E-state index in [1.54, 1.807) is 0 Å². The summed E-state index contributed by atoms with van der Waals surface area (Å²) in [6.45, 7) is 6.51. The van der Waals surface area contributed by atoms with E-state index in [2.05, 4.69) is 0 Å². The van der Waals surface area contributed by atoms with E-state index >= 15 is 0 Å². The summed E-state index contributed by atoms with van der Waals surface area (Å²) in [5.74, 6) is -0.805. The number of carbonyl (C=O) groups is 2. The molecule has 6 nitrogen and oxygen atoms in total. The summed E-state index contributed by atoms with van der Waals surface area (Å²) >= 11 is 0. The molecule has 104 valence electrons. The van der Waals surface area contributed by atoms with E-state index in [4.69, 9.17) is 5.73 Å². The molecule has 1 unspecified atom stereocenters. The number of hydrogen-bond acceptors (Lipinski definition) is 4. The van der Waals surface area contributed by atoms with Gasteiger partial charge >= 0.3 is 0 Å². The van der Waals surface area contributed by atoms with E-state index in [0.717, 1.165) is 13.1 Å². The fourth-order valence-corrected chi connectivity index (χ4v) is 2.19. The molecule has 0 aromatic rings. The van der Waals surface area contributed by atoms with E-state index < -0.39 is 11.5 Å². The van der Waals surface area contributed by atoms with Crippen LogP contribution in [-0.4, -0.2) is 65.0 Å². The van der Waals surface area contributed by atoms with Crippen LogP contribution in [0, 0.1) is 0 Å². The third-order valence-corrected chi connectivity index (χ3v) is 3.54. The molecule has 0 aliphatic carbocycles. The van der Waals surface area contributed by atoms with Crippen LogP contribution in [0.3, 0.4) is 0 Å². The van der Waals surface area contributed by atoms with Gasteiger partial charge in [-0.25, -0.2) is 0 Å². The molecule has 0 radical (unpaired) electrons. The standard InChI is InChI=1S/C12H23N3O3/c1-3-14(4-2)8-10(16)15-7-5-6-12(18,9-15)11(13)17/h18H,3-9H2,1-2H3,(H2,13,17). The maximum Gasteiger partial charge on any atom is 0.251 e. The lowest BCUT2D eigenvalue weighted by atomic mass is 9.92. The first kappa shape index (κ1) is 14.9. The molecular formula is C12H23N3O3. The average Bonchev–Trinajstić information content (AvgIpc) is 2.35. The van der Waals surface area contributed by atoms with Gasteiger partial charge in [0.2, 0.25) is 5.91 Å². The second-order valence-corrected chi connectivity index (χ2v) is 4.78. The fraction of sp³-hybridized carbons (Fsp3) is 0.833. The Morgan fingerprint density at radius 2 is 2.00 bits per heavy atom. The Bertz CT molecular complexity index is 318. The number of piperidine rings is 1. The highest BCUT2D eigenvalue weighted by molar-refractivity contribution is 5.85. The first-order valence-corrected chi connectivity index (χ1v) is 6.45. The summed E-state index contributed by atoms with van der Waals surface area (Å²) < 4.78 is 0. The molecule has 6 heteroatoms. The quantitative estimate of drug-likeness (QED) is 0.673. The van der Waals surface area contributed by atoms with Crippen molar-refractivity contribution >= 4 is 11.8 Å². The summed E-state index contributed by atoms with van der Waals surface area (Å²) in [5, 5.41) is 10.0. The van der Waals surface area contributed by atoms with Crippen molar-refractivity contribution in [3.05, 3.63) is 0 Å². The molecule has 1 saturated heterocycles. The molecule has 1 aliphatic rings. The van der Waals surface area contributed by atoms with Gasteiger partial charge < -0.3 is 15.7 Å². The Labute approximate surface area is 108 Å². The SMILES string of the molecule is CCN(CC)CC(=O)N1CCCC(O)(C(N)=O)C1. The second kappa shape index (κ2) is 6.15. The van der Waals surface area contributed by atoms with E-state index in [0.29, 0.717) is 25.9 Å². The molecule has 18 heavy (non-hydrogen) atoms. The van der Waals surface area contributed by atoms with Gasteiger partial charge in [0.15, 0.2) is 5.60 Å². The molecule has 1 rings (SSSR count). The zero-order valence-corrected chi connectivity index (χ0v) is 11.2. The van der Waals surface area contributed by atoms with Gasteiger partial charge in [0.1, 0.15) is 0 Å². The minimum absolute atomic E-state index is 0.0163. The Kier molecular flexibility index (Phi) is 5.10. The van der Waals surface area contributed by atoms with Crippen LogP contribution in [0.15, 0.2) is 0 Å². The van der Waals surface area contributed by atoms with Gasteiger partial charge in [0, 0.05) is 6.54 Å². The minimum Gasteiger partial charge on any atom is -0.378 e. The number of likely N-dealkylation sites (tertiary alicyclic amines) is 1. The highest BCUT2D eigenvalue weighted by Gasteiger charge is 2.40. The van der Waals surface area contributed by atoms with Gasteiger partial charge in [0.05, 0.1) is 13.1 Å². The molecule has 0 aromatic carbocycles. The average molecular weight is 257 g/mol. The van der Waals surface area contributed by atoms with E-state index in [1.807, 2.05) is 18.7 Å². The first-order valence-electron chi connectivity index (χ1n) is 6.45. The third-order valence-electron chi connectivity index (χ3n) is 3.54. The number of aliphatic hydroxyl groups is 1. The minimum atomic E-state index is -1.56. The Balaban J connectivity index is 2.61. The number of nitrogens with two attached hydrogens (primary N) is 1.